The van der Waals surface area contributed by atoms with E-state index in [4.69, 9.17) is 29.8 Å². The third-order valence-corrected chi connectivity index (χ3v) is 6.13. The van der Waals surface area contributed by atoms with E-state index in [1.54, 1.807) is 6.92 Å². The molecule has 2 heterocycles. The van der Waals surface area contributed by atoms with Crippen molar-refractivity contribution in [3.8, 4) is 11.5 Å². The van der Waals surface area contributed by atoms with Crippen molar-refractivity contribution >= 4 is 22.7 Å². The number of ether oxygens (including phenoxy) is 4. The highest BCUT2D eigenvalue weighted by molar-refractivity contribution is 5.67. The topological polar surface area (TPSA) is 133 Å². The number of hydrogen-bond donors (Lipinski definition) is 2. The average molecular weight is 551 g/mol. The van der Waals surface area contributed by atoms with Crippen LogP contribution in [0.4, 0.5) is 22.7 Å². The highest BCUT2D eigenvalue weighted by Crippen LogP contribution is 2.36. The number of rotatable bonds is 7. The maximum Gasteiger partial charge on any atom is 0.276 e. The summed E-state index contributed by atoms with van der Waals surface area (Å²) in [6, 6.07) is 7.37. The number of hydrogen-bond acceptors (Lipinski definition) is 10. The molecule has 220 valence electrons. The number of nitrogen functional groups attached to an aromatic ring is 1. The summed E-state index contributed by atoms with van der Waals surface area (Å²) in [5, 5.41) is 18.0. The third kappa shape index (κ3) is 9.45. The maximum absolute atomic E-state index is 11.0. The summed E-state index contributed by atoms with van der Waals surface area (Å²) in [5.41, 5.74) is 10.6. The molecule has 0 spiro atoms. The van der Waals surface area contributed by atoms with E-state index in [1.165, 1.54) is 6.07 Å². The first-order valence-corrected chi connectivity index (χ1v) is 12.9. The Morgan fingerprint density at radius 1 is 0.846 bits per heavy atom. The predicted octanol–water partition coefficient (Wildman–Crippen LogP) is 4.20. The van der Waals surface area contributed by atoms with E-state index in [-0.39, 0.29) is 18.0 Å². The van der Waals surface area contributed by atoms with Crippen molar-refractivity contribution in [2.75, 3.05) is 88.5 Å². The lowest BCUT2D eigenvalue weighted by Crippen LogP contribution is -2.36. The molecule has 2 aliphatic rings. The van der Waals surface area contributed by atoms with Crippen LogP contribution >= 0.6 is 0 Å². The number of aryl methyl sites for hydroxylation is 2. The summed E-state index contributed by atoms with van der Waals surface area (Å²) < 4.78 is 21.9. The van der Waals surface area contributed by atoms with Gasteiger partial charge in [0.15, 0.2) is 0 Å². The van der Waals surface area contributed by atoms with Crippen molar-refractivity contribution in [2.24, 2.45) is 0 Å². The Morgan fingerprint density at radius 3 is 1.67 bits per heavy atom. The third-order valence-electron chi connectivity index (χ3n) is 6.13. The minimum Gasteiger partial charge on any atom is -0.492 e. The van der Waals surface area contributed by atoms with Gasteiger partial charge in [0, 0.05) is 50.6 Å². The molecule has 0 bridgehead atoms. The second-order valence-electron chi connectivity index (χ2n) is 8.60. The first-order valence-electron chi connectivity index (χ1n) is 12.9. The van der Waals surface area contributed by atoms with Crippen LogP contribution in [0.15, 0.2) is 24.3 Å². The number of aliphatic hydroxyl groups excluding tert-OH is 1. The minimum atomic E-state index is -0.374. The molecule has 0 unspecified atom stereocenters. The van der Waals surface area contributed by atoms with Gasteiger partial charge >= 0.3 is 0 Å². The van der Waals surface area contributed by atoms with Gasteiger partial charge in [-0.2, -0.15) is 0 Å². The van der Waals surface area contributed by atoms with E-state index in [0.717, 1.165) is 74.9 Å². The smallest absolute Gasteiger partial charge is 0.276 e. The maximum atomic E-state index is 11.0. The van der Waals surface area contributed by atoms with Crippen molar-refractivity contribution in [3.05, 3.63) is 45.5 Å². The molecule has 3 N–H and O–H groups in total. The molecule has 0 saturated carbocycles. The van der Waals surface area contributed by atoms with Gasteiger partial charge in [0.2, 0.25) is 0 Å². The molecule has 4 rings (SSSR count). The van der Waals surface area contributed by atoms with E-state index in [1.807, 2.05) is 32.9 Å². The second kappa shape index (κ2) is 17.3. The normalized spacial score (nSPS) is 14.6. The van der Waals surface area contributed by atoms with Crippen molar-refractivity contribution in [3.63, 3.8) is 0 Å². The van der Waals surface area contributed by atoms with Crippen LogP contribution in [0.1, 0.15) is 32.4 Å². The van der Waals surface area contributed by atoms with Crippen LogP contribution in [0.2, 0.25) is 0 Å². The van der Waals surface area contributed by atoms with Gasteiger partial charge in [-0.05, 0) is 45.4 Å². The Balaban J connectivity index is 0.000000360. The van der Waals surface area contributed by atoms with E-state index >= 15 is 0 Å². The number of nitro groups is 1. The molecule has 11 nitrogen and oxygen atoms in total. The Morgan fingerprint density at radius 2 is 1.26 bits per heavy atom. The number of nitrogens with zero attached hydrogens (tertiary/aromatic N) is 3. The van der Waals surface area contributed by atoms with Gasteiger partial charge in [0.05, 0.1) is 62.0 Å². The van der Waals surface area contributed by atoms with Crippen molar-refractivity contribution in [1.82, 2.24) is 0 Å². The van der Waals surface area contributed by atoms with Crippen LogP contribution < -0.4 is 25.0 Å². The summed E-state index contributed by atoms with van der Waals surface area (Å²) in [5.74, 6) is 1.44. The number of benzene rings is 2. The highest BCUT2D eigenvalue weighted by Gasteiger charge is 2.21. The Hall–Kier alpha value is -3.28. The summed E-state index contributed by atoms with van der Waals surface area (Å²) in [7, 11) is 1.00. The van der Waals surface area contributed by atoms with Crippen LogP contribution in [-0.2, 0) is 9.47 Å². The molecule has 2 fully saturated rings. The monoisotopic (exact) mass is 550 g/mol. The molecule has 2 aromatic carbocycles. The molecular weight excluding hydrogens is 504 g/mol. The number of nitro benzene ring substituents is 1. The SMILES string of the molecule is C.CCOc1cc(N)c(C)cc1N1CCOCC1.CCOc1cc([N+](=O)[O-])c(C)cc1N1CCOCC1.CO. The van der Waals surface area contributed by atoms with Gasteiger partial charge < -0.3 is 39.6 Å². The van der Waals surface area contributed by atoms with Gasteiger partial charge in [0.1, 0.15) is 11.5 Å². The average Bonchev–Trinajstić information content (AvgIpc) is 2.94. The highest BCUT2D eigenvalue weighted by atomic mass is 16.6. The van der Waals surface area contributed by atoms with Gasteiger partial charge in [-0.3, -0.25) is 10.1 Å². The minimum absolute atomic E-state index is 0. The van der Waals surface area contributed by atoms with E-state index < -0.39 is 0 Å². The Kier molecular flexibility index (Phi) is 15.0. The zero-order chi connectivity index (χ0) is 28.1. The van der Waals surface area contributed by atoms with Crippen molar-refractivity contribution in [2.45, 2.75) is 35.1 Å². The number of anilines is 3. The first kappa shape index (κ1) is 33.7. The lowest BCUT2D eigenvalue weighted by atomic mass is 10.1. The number of nitrogens with two attached hydrogens (primary N) is 1. The van der Waals surface area contributed by atoms with Gasteiger partial charge in [-0.1, -0.05) is 7.43 Å². The fourth-order valence-electron chi connectivity index (χ4n) is 4.19. The first-order chi connectivity index (χ1) is 18.3. The molecule has 2 aromatic rings. The fraction of sp³-hybridized carbons (Fsp3) is 0.571. The molecule has 0 aromatic heterocycles. The largest absolute Gasteiger partial charge is 0.492 e. The van der Waals surface area contributed by atoms with Gasteiger partial charge in [-0.25, -0.2) is 0 Å². The van der Waals surface area contributed by atoms with Crippen LogP contribution in [0.5, 0.6) is 11.5 Å². The molecular formula is C28H46N4O7. The second-order valence-corrected chi connectivity index (χ2v) is 8.60. The molecule has 11 heteroatoms. The zero-order valence-electron chi connectivity index (χ0n) is 23.2. The molecule has 0 aliphatic carbocycles. The van der Waals surface area contributed by atoms with Crippen LogP contribution in [0.3, 0.4) is 0 Å². The lowest BCUT2D eigenvalue weighted by molar-refractivity contribution is -0.385. The molecule has 2 aliphatic heterocycles. The quantitative estimate of drug-likeness (QED) is 0.294. The standard InChI is InChI=1S/C13H18N2O4.C13H20N2O2.CH4O.CH4/c1-3-19-13-9-11(15(16)17)10(2)8-12(13)14-4-6-18-7-5-14;1-3-17-13-9-11(14)10(2)8-12(13)15-4-6-16-7-5-15;1-2;/h8-9H,3-7H2,1-2H3;8-9H,3-7,14H2,1-2H3;2H,1H3;1H4. The molecule has 2 saturated heterocycles. The Labute approximate surface area is 232 Å². The molecule has 0 amide bonds. The van der Waals surface area contributed by atoms with Crippen LogP contribution in [-0.4, -0.2) is 83.0 Å². The predicted molar refractivity (Wildman–Crippen MR) is 157 cm³/mol. The molecule has 39 heavy (non-hydrogen) atoms. The van der Waals surface area contributed by atoms with Gasteiger partial charge in [-0.15, -0.1) is 0 Å². The summed E-state index contributed by atoms with van der Waals surface area (Å²) >= 11 is 0. The van der Waals surface area contributed by atoms with Crippen LogP contribution in [0, 0.1) is 24.0 Å². The van der Waals surface area contributed by atoms with Crippen molar-refractivity contribution < 1.29 is 29.0 Å². The molecule has 0 radical (unpaired) electrons. The summed E-state index contributed by atoms with van der Waals surface area (Å²) in [6.07, 6.45) is 0. The van der Waals surface area contributed by atoms with Gasteiger partial charge in [0.25, 0.3) is 5.69 Å². The Bertz CT molecular complexity index is 1020. The van der Waals surface area contributed by atoms with Crippen LogP contribution in [0.25, 0.3) is 0 Å². The van der Waals surface area contributed by atoms with E-state index in [2.05, 4.69) is 15.9 Å². The number of morpholine rings is 2. The molecule has 0 atom stereocenters. The summed E-state index contributed by atoms with van der Waals surface area (Å²) in [4.78, 5) is 15.0. The van der Waals surface area contributed by atoms with Crippen molar-refractivity contribution in [1.29, 1.82) is 0 Å². The fourth-order valence-corrected chi connectivity index (χ4v) is 4.19. The number of aliphatic hydroxyl groups is 1. The van der Waals surface area contributed by atoms with E-state index in [0.29, 0.717) is 37.7 Å². The zero-order valence-corrected chi connectivity index (χ0v) is 23.2. The summed E-state index contributed by atoms with van der Waals surface area (Å²) in [6.45, 7) is 15.0. The lowest BCUT2D eigenvalue weighted by Gasteiger charge is -2.30. The van der Waals surface area contributed by atoms with E-state index in [9.17, 15) is 10.1 Å².